The summed E-state index contributed by atoms with van der Waals surface area (Å²) in [4.78, 5) is 27.8. The average molecular weight is 517 g/mol. The molecule has 3 N–H and O–H groups in total. The predicted molar refractivity (Wildman–Crippen MR) is 129 cm³/mol. The standard InChI is InChI=1S/C25H30F2N6O4/c26-25(27)9-15(25)11-37-24-30-18(23(34)32-21-16-12-35-13-17(16)21)8-20(31-24)33-6-3-14(4-7-33)10-36-19-2-1-5-29-22(19)28/h1-2,5,8,14-17,21H,3-4,6-7,9-13H2,(H2,28,29)(H,32,34)/t15?,16-,17+,21+. The Kier molecular flexibility index (Phi) is 6.21. The van der Waals surface area contributed by atoms with Crippen molar-refractivity contribution in [3.63, 3.8) is 0 Å². The van der Waals surface area contributed by atoms with Crippen LogP contribution in [0.3, 0.4) is 0 Å². The molecule has 0 aromatic carbocycles. The molecule has 2 aromatic heterocycles. The lowest BCUT2D eigenvalue weighted by Gasteiger charge is -2.32. The summed E-state index contributed by atoms with van der Waals surface area (Å²) in [6.07, 6.45) is 3.12. The maximum absolute atomic E-state index is 13.3. The van der Waals surface area contributed by atoms with Crippen molar-refractivity contribution in [1.82, 2.24) is 20.3 Å². The average Bonchev–Trinajstić information content (AvgIpc) is 3.64. The van der Waals surface area contributed by atoms with Gasteiger partial charge < -0.3 is 30.2 Å². The minimum atomic E-state index is -2.70. The van der Waals surface area contributed by atoms with Crippen LogP contribution in [0.2, 0.25) is 0 Å². The number of nitrogens with two attached hydrogens (primary N) is 1. The molecule has 12 heteroatoms. The zero-order valence-electron chi connectivity index (χ0n) is 20.3. The van der Waals surface area contributed by atoms with Gasteiger partial charge in [0.25, 0.3) is 11.8 Å². The van der Waals surface area contributed by atoms with Crippen LogP contribution in [-0.2, 0) is 4.74 Å². The number of carbonyl (C=O) groups excluding carboxylic acids is 1. The van der Waals surface area contributed by atoms with Gasteiger partial charge in [0.1, 0.15) is 18.1 Å². The van der Waals surface area contributed by atoms with Gasteiger partial charge >= 0.3 is 6.01 Å². The summed E-state index contributed by atoms with van der Waals surface area (Å²) in [5, 5.41) is 3.03. The number of rotatable bonds is 9. The van der Waals surface area contributed by atoms with Crippen LogP contribution in [0.1, 0.15) is 29.8 Å². The van der Waals surface area contributed by atoms with E-state index < -0.39 is 11.8 Å². The molecule has 4 aliphatic rings. The van der Waals surface area contributed by atoms with Crippen molar-refractivity contribution in [3.05, 3.63) is 30.1 Å². The first-order chi connectivity index (χ1) is 17.9. The fourth-order valence-corrected chi connectivity index (χ4v) is 5.12. The maximum Gasteiger partial charge on any atom is 0.319 e. The van der Waals surface area contributed by atoms with Crippen molar-refractivity contribution in [2.45, 2.75) is 31.2 Å². The molecule has 2 saturated carbocycles. The summed E-state index contributed by atoms with van der Waals surface area (Å²) >= 11 is 0. The van der Waals surface area contributed by atoms with Gasteiger partial charge in [0.05, 0.1) is 25.7 Å². The number of carbonyl (C=O) groups is 1. The van der Waals surface area contributed by atoms with Crippen molar-refractivity contribution < 1.29 is 27.8 Å². The van der Waals surface area contributed by atoms with E-state index in [0.717, 1.165) is 12.8 Å². The number of nitrogens with one attached hydrogen (secondary N) is 1. The van der Waals surface area contributed by atoms with E-state index in [1.54, 1.807) is 24.4 Å². The Morgan fingerprint density at radius 2 is 1.95 bits per heavy atom. The number of alkyl halides is 2. The number of nitrogen functional groups attached to an aromatic ring is 1. The van der Waals surface area contributed by atoms with Gasteiger partial charge in [-0.05, 0) is 30.9 Å². The van der Waals surface area contributed by atoms with Crippen LogP contribution in [-0.4, -0.2) is 72.3 Å². The molecule has 1 unspecified atom stereocenters. The molecule has 2 aromatic rings. The SMILES string of the molecule is Nc1ncccc1OCC1CCN(c2cc(C(=O)N[C@H]3[C@@H]4COC[C@@H]43)nc(OCC3CC3(F)F)n2)CC1. The summed E-state index contributed by atoms with van der Waals surface area (Å²) in [7, 11) is 0. The molecule has 2 aliphatic carbocycles. The van der Waals surface area contributed by atoms with Gasteiger partial charge in [-0.2, -0.15) is 9.97 Å². The van der Waals surface area contributed by atoms with E-state index >= 15 is 0 Å². The number of aromatic nitrogens is 3. The van der Waals surface area contributed by atoms with Crippen LogP contribution in [0.15, 0.2) is 24.4 Å². The molecule has 198 valence electrons. The second-order valence-electron chi connectivity index (χ2n) is 10.4. The largest absolute Gasteiger partial charge is 0.489 e. The molecule has 1 amide bonds. The number of hydrogen-bond acceptors (Lipinski definition) is 9. The lowest BCUT2D eigenvalue weighted by molar-refractivity contribution is 0.0835. The molecule has 0 radical (unpaired) electrons. The van der Waals surface area contributed by atoms with Crippen LogP contribution < -0.4 is 25.4 Å². The Morgan fingerprint density at radius 3 is 2.65 bits per heavy atom. The number of amides is 1. The Bertz CT molecular complexity index is 1150. The van der Waals surface area contributed by atoms with Gasteiger partial charge in [-0.3, -0.25) is 4.79 Å². The minimum Gasteiger partial charge on any atom is -0.489 e. The van der Waals surface area contributed by atoms with Gasteiger partial charge in [0.15, 0.2) is 11.6 Å². The van der Waals surface area contributed by atoms with Crippen molar-refractivity contribution in [2.75, 3.05) is 50.2 Å². The quantitative estimate of drug-likeness (QED) is 0.516. The zero-order chi connectivity index (χ0) is 25.6. The summed E-state index contributed by atoms with van der Waals surface area (Å²) in [6, 6.07) is 5.26. The molecule has 0 bridgehead atoms. The van der Waals surface area contributed by atoms with E-state index in [1.807, 2.05) is 0 Å². The number of nitrogens with zero attached hydrogens (tertiary/aromatic N) is 4. The van der Waals surface area contributed by atoms with Gasteiger partial charge in [-0.1, -0.05) is 0 Å². The third-order valence-electron chi connectivity index (χ3n) is 7.76. The highest BCUT2D eigenvalue weighted by Crippen LogP contribution is 2.48. The van der Waals surface area contributed by atoms with E-state index in [2.05, 4.69) is 25.2 Å². The normalized spacial score (nSPS) is 27.9. The van der Waals surface area contributed by atoms with Crippen LogP contribution in [0, 0.1) is 23.7 Å². The molecule has 4 heterocycles. The Labute approximate surface area is 212 Å². The highest BCUT2D eigenvalue weighted by Gasteiger charge is 2.57. The first kappa shape index (κ1) is 24.1. The fourth-order valence-electron chi connectivity index (χ4n) is 5.12. The Morgan fingerprint density at radius 1 is 1.19 bits per heavy atom. The van der Waals surface area contributed by atoms with Gasteiger partial charge in [-0.25, -0.2) is 13.8 Å². The smallest absolute Gasteiger partial charge is 0.319 e. The molecular weight excluding hydrogens is 486 g/mol. The van der Waals surface area contributed by atoms with Crippen LogP contribution in [0.5, 0.6) is 11.8 Å². The molecule has 4 atom stereocenters. The van der Waals surface area contributed by atoms with E-state index in [-0.39, 0.29) is 36.7 Å². The monoisotopic (exact) mass is 516 g/mol. The number of ether oxygens (including phenoxy) is 3. The Balaban J connectivity index is 1.10. The fraction of sp³-hybridized carbons (Fsp3) is 0.600. The molecule has 2 saturated heterocycles. The lowest BCUT2D eigenvalue weighted by atomic mass is 9.98. The topological polar surface area (TPSA) is 125 Å². The molecule has 0 spiro atoms. The number of fused-ring (bicyclic) bond motifs is 1. The van der Waals surface area contributed by atoms with Crippen molar-refractivity contribution in [2.24, 2.45) is 23.7 Å². The first-order valence-corrected chi connectivity index (χ1v) is 12.7. The molecule has 2 aliphatic heterocycles. The van der Waals surface area contributed by atoms with E-state index in [1.165, 1.54) is 0 Å². The molecular formula is C25H30F2N6O4. The summed E-state index contributed by atoms with van der Waals surface area (Å²) in [5.74, 6) is -1.35. The zero-order valence-corrected chi connectivity index (χ0v) is 20.3. The minimum absolute atomic E-state index is 0.0535. The number of hydrogen-bond donors (Lipinski definition) is 2. The van der Waals surface area contributed by atoms with E-state index in [4.69, 9.17) is 19.9 Å². The van der Waals surface area contributed by atoms with Gasteiger partial charge in [0.2, 0.25) is 0 Å². The van der Waals surface area contributed by atoms with Crippen LogP contribution in [0.25, 0.3) is 0 Å². The van der Waals surface area contributed by atoms with Gasteiger partial charge in [-0.15, -0.1) is 0 Å². The Hall–Kier alpha value is -3.28. The van der Waals surface area contributed by atoms with Crippen LogP contribution in [0.4, 0.5) is 20.4 Å². The highest BCUT2D eigenvalue weighted by molar-refractivity contribution is 5.93. The van der Waals surface area contributed by atoms with E-state index in [0.29, 0.717) is 68.0 Å². The molecule has 4 fully saturated rings. The summed E-state index contributed by atoms with van der Waals surface area (Å²) in [6.45, 7) is 3.04. The van der Waals surface area contributed by atoms with Crippen molar-refractivity contribution in [3.8, 4) is 11.8 Å². The van der Waals surface area contributed by atoms with E-state index in [9.17, 15) is 13.6 Å². The van der Waals surface area contributed by atoms with Crippen molar-refractivity contribution >= 4 is 17.5 Å². The number of halogens is 2. The third-order valence-corrected chi connectivity index (χ3v) is 7.76. The lowest BCUT2D eigenvalue weighted by Crippen LogP contribution is -2.37. The molecule has 37 heavy (non-hydrogen) atoms. The van der Waals surface area contributed by atoms with Crippen molar-refractivity contribution in [1.29, 1.82) is 0 Å². The van der Waals surface area contributed by atoms with Crippen LogP contribution >= 0.6 is 0 Å². The first-order valence-electron chi connectivity index (χ1n) is 12.7. The number of anilines is 2. The second kappa shape index (κ2) is 9.55. The highest BCUT2D eigenvalue weighted by atomic mass is 19.3. The number of piperidine rings is 1. The number of pyridine rings is 1. The summed E-state index contributed by atoms with van der Waals surface area (Å²) in [5.41, 5.74) is 6.03. The molecule has 10 nitrogen and oxygen atoms in total. The summed E-state index contributed by atoms with van der Waals surface area (Å²) < 4.78 is 43.5. The third kappa shape index (κ3) is 5.25. The maximum atomic E-state index is 13.3. The second-order valence-corrected chi connectivity index (χ2v) is 10.4. The van der Waals surface area contributed by atoms with Gasteiger partial charge in [0, 0.05) is 49.7 Å². The molecule has 6 rings (SSSR count). The predicted octanol–water partition coefficient (Wildman–Crippen LogP) is 2.16.